The van der Waals surface area contributed by atoms with Gasteiger partial charge < -0.3 is 14.4 Å². The van der Waals surface area contributed by atoms with Gasteiger partial charge in [0.2, 0.25) is 0 Å². The Kier molecular flexibility index (Phi) is 3.66. The van der Waals surface area contributed by atoms with Crippen molar-refractivity contribution in [2.45, 2.75) is 6.92 Å². The molecule has 0 atom stereocenters. The van der Waals surface area contributed by atoms with Crippen LogP contribution in [0.3, 0.4) is 0 Å². The average molecular weight is 360 g/mol. The number of fused-ring (bicyclic) bond motifs is 1. The molecule has 1 heterocycles. The van der Waals surface area contributed by atoms with Crippen molar-refractivity contribution in [1.29, 1.82) is 0 Å². The summed E-state index contributed by atoms with van der Waals surface area (Å²) in [5.41, 5.74) is 3.02. The van der Waals surface area contributed by atoms with E-state index in [9.17, 15) is 9.90 Å². The van der Waals surface area contributed by atoms with Crippen molar-refractivity contribution >= 4 is 32.8 Å². The Morgan fingerprint density at radius 2 is 1.86 bits per heavy atom. The van der Waals surface area contributed by atoms with Gasteiger partial charge in [-0.05, 0) is 49.4 Å². The molecule has 0 unspecified atom stereocenters. The summed E-state index contributed by atoms with van der Waals surface area (Å²) in [5, 5.41) is 10.4. The molecule has 0 radical (unpaired) electrons. The van der Waals surface area contributed by atoms with Crippen molar-refractivity contribution in [2.75, 3.05) is 7.11 Å². The molecule has 0 bridgehead atoms. The first-order valence-corrected chi connectivity index (χ1v) is 7.50. The second-order valence-corrected chi connectivity index (χ2v) is 5.88. The summed E-state index contributed by atoms with van der Waals surface area (Å²) in [4.78, 5) is 12.1. The molecule has 0 aliphatic heterocycles. The number of carbonyl (C=O) groups excluding carboxylic acids is 1. The fourth-order valence-corrected chi connectivity index (χ4v) is 2.95. The van der Waals surface area contributed by atoms with Crippen LogP contribution in [0.2, 0.25) is 0 Å². The molecule has 112 valence electrons. The lowest BCUT2D eigenvalue weighted by molar-refractivity contribution is 0.0602. The van der Waals surface area contributed by atoms with Crippen molar-refractivity contribution in [2.24, 2.45) is 0 Å². The summed E-state index contributed by atoms with van der Waals surface area (Å²) in [5.74, 6) is -0.297. The number of aromatic nitrogens is 1. The number of carbonyl (C=O) groups is 1. The number of aromatic hydroxyl groups is 1. The van der Waals surface area contributed by atoms with Crippen LogP contribution < -0.4 is 0 Å². The van der Waals surface area contributed by atoms with Crippen molar-refractivity contribution in [3.8, 4) is 11.4 Å². The summed E-state index contributed by atoms with van der Waals surface area (Å²) < 4.78 is 7.85. The molecule has 5 heteroatoms. The molecule has 0 saturated heterocycles. The Labute approximate surface area is 136 Å². The number of hydrogen-bond donors (Lipinski definition) is 1. The molecule has 1 N–H and O–H groups in total. The molecule has 0 fully saturated rings. The number of hydrogen-bond acceptors (Lipinski definition) is 3. The van der Waals surface area contributed by atoms with Gasteiger partial charge in [-0.25, -0.2) is 4.79 Å². The van der Waals surface area contributed by atoms with Gasteiger partial charge in [-0.1, -0.05) is 15.9 Å². The molecule has 0 amide bonds. The van der Waals surface area contributed by atoms with Crippen LogP contribution in [0.4, 0.5) is 0 Å². The van der Waals surface area contributed by atoms with Crippen LogP contribution in [-0.2, 0) is 4.74 Å². The van der Waals surface area contributed by atoms with Gasteiger partial charge in [0.25, 0.3) is 0 Å². The highest BCUT2D eigenvalue weighted by molar-refractivity contribution is 9.10. The van der Waals surface area contributed by atoms with E-state index in [1.807, 2.05) is 35.8 Å². The lowest BCUT2D eigenvalue weighted by Gasteiger charge is -2.09. The smallest absolute Gasteiger partial charge is 0.340 e. The summed E-state index contributed by atoms with van der Waals surface area (Å²) in [6.07, 6.45) is 0. The van der Waals surface area contributed by atoms with Crippen LogP contribution in [-0.4, -0.2) is 22.8 Å². The normalized spacial score (nSPS) is 10.9. The fraction of sp³-hybridized carbons (Fsp3) is 0.118. The first kappa shape index (κ1) is 14.7. The van der Waals surface area contributed by atoms with Gasteiger partial charge in [0, 0.05) is 21.2 Å². The van der Waals surface area contributed by atoms with E-state index in [2.05, 4.69) is 15.9 Å². The molecule has 1 aromatic heterocycles. The predicted octanol–water partition coefficient (Wildman–Crippen LogP) is 4.19. The van der Waals surface area contributed by atoms with Gasteiger partial charge in [-0.3, -0.25) is 0 Å². The van der Waals surface area contributed by atoms with E-state index in [1.54, 1.807) is 18.2 Å². The number of rotatable bonds is 2. The lowest BCUT2D eigenvalue weighted by atomic mass is 10.1. The first-order chi connectivity index (χ1) is 10.5. The maximum Gasteiger partial charge on any atom is 0.340 e. The minimum atomic E-state index is -0.413. The highest BCUT2D eigenvalue weighted by Crippen LogP contribution is 2.32. The van der Waals surface area contributed by atoms with Crippen LogP contribution in [0.5, 0.6) is 5.75 Å². The monoisotopic (exact) mass is 359 g/mol. The molecule has 4 nitrogen and oxygen atoms in total. The average Bonchev–Trinajstić information content (AvgIpc) is 2.79. The van der Waals surface area contributed by atoms with E-state index in [0.717, 1.165) is 21.4 Å². The van der Waals surface area contributed by atoms with Crippen LogP contribution in [0.25, 0.3) is 16.6 Å². The molecular formula is C17H14BrNO3. The Hall–Kier alpha value is -2.27. The summed E-state index contributed by atoms with van der Waals surface area (Å²) in [7, 11) is 1.35. The van der Waals surface area contributed by atoms with Gasteiger partial charge in [0.1, 0.15) is 5.75 Å². The van der Waals surface area contributed by atoms with Crippen LogP contribution in [0.15, 0.2) is 46.9 Å². The quantitative estimate of drug-likeness (QED) is 0.697. The highest BCUT2D eigenvalue weighted by Gasteiger charge is 2.21. The largest absolute Gasteiger partial charge is 0.508 e. The highest BCUT2D eigenvalue weighted by atomic mass is 79.9. The van der Waals surface area contributed by atoms with E-state index < -0.39 is 5.97 Å². The number of halogens is 1. The number of phenolic OH excluding ortho intramolecular Hbond substituents is 1. The molecule has 3 aromatic rings. The first-order valence-electron chi connectivity index (χ1n) is 6.71. The molecule has 0 saturated carbocycles. The fourth-order valence-electron chi connectivity index (χ4n) is 2.69. The number of nitrogens with zero attached hydrogens (tertiary/aromatic N) is 1. The lowest BCUT2D eigenvalue weighted by Crippen LogP contribution is -2.04. The third kappa shape index (κ3) is 2.27. The zero-order valence-electron chi connectivity index (χ0n) is 12.1. The summed E-state index contributed by atoms with van der Waals surface area (Å²) in [6.45, 7) is 1.87. The minimum Gasteiger partial charge on any atom is -0.508 e. The van der Waals surface area contributed by atoms with Gasteiger partial charge in [0.05, 0.1) is 18.2 Å². The Morgan fingerprint density at radius 3 is 2.50 bits per heavy atom. The third-order valence-electron chi connectivity index (χ3n) is 3.66. The Bertz CT molecular complexity index is 866. The molecule has 0 aliphatic carbocycles. The third-order valence-corrected chi connectivity index (χ3v) is 4.19. The van der Waals surface area contributed by atoms with E-state index in [-0.39, 0.29) is 5.75 Å². The van der Waals surface area contributed by atoms with E-state index >= 15 is 0 Å². The molecule has 0 aliphatic rings. The Balaban J connectivity index is 2.37. The molecule has 0 spiro atoms. The van der Waals surface area contributed by atoms with Crippen LogP contribution >= 0.6 is 15.9 Å². The van der Waals surface area contributed by atoms with Crippen molar-refractivity contribution in [3.63, 3.8) is 0 Å². The second kappa shape index (κ2) is 5.50. The zero-order valence-corrected chi connectivity index (χ0v) is 13.7. The number of benzene rings is 2. The van der Waals surface area contributed by atoms with E-state index in [0.29, 0.717) is 10.9 Å². The van der Waals surface area contributed by atoms with E-state index in [4.69, 9.17) is 4.74 Å². The molecular weight excluding hydrogens is 346 g/mol. The topological polar surface area (TPSA) is 51.5 Å². The second-order valence-electron chi connectivity index (χ2n) is 4.97. The van der Waals surface area contributed by atoms with Crippen LogP contribution in [0, 0.1) is 6.92 Å². The minimum absolute atomic E-state index is 0.116. The summed E-state index contributed by atoms with van der Waals surface area (Å²) in [6, 6.07) is 12.8. The summed E-state index contributed by atoms with van der Waals surface area (Å²) >= 11 is 3.42. The van der Waals surface area contributed by atoms with Gasteiger partial charge in [0.15, 0.2) is 0 Å². The van der Waals surface area contributed by atoms with E-state index in [1.165, 1.54) is 7.11 Å². The van der Waals surface area contributed by atoms with Crippen LogP contribution in [0.1, 0.15) is 16.1 Å². The number of ether oxygens (including phenoxy) is 1. The van der Waals surface area contributed by atoms with Gasteiger partial charge in [-0.15, -0.1) is 0 Å². The number of methoxy groups -OCH3 is 1. The predicted molar refractivity (Wildman–Crippen MR) is 88.7 cm³/mol. The van der Waals surface area contributed by atoms with Gasteiger partial charge in [-0.2, -0.15) is 0 Å². The zero-order chi connectivity index (χ0) is 15.9. The standard InChI is InChI=1S/C17H14BrNO3/c1-10-16(17(21)22-2)14-9-13(20)7-8-15(14)19(10)12-5-3-11(18)4-6-12/h3-9,20H,1-2H3. The van der Waals surface area contributed by atoms with Crippen molar-refractivity contribution in [1.82, 2.24) is 4.57 Å². The number of esters is 1. The van der Waals surface area contributed by atoms with Crippen molar-refractivity contribution in [3.05, 3.63) is 58.2 Å². The Morgan fingerprint density at radius 1 is 1.18 bits per heavy atom. The molecule has 3 rings (SSSR count). The maximum absolute atomic E-state index is 12.1. The maximum atomic E-state index is 12.1. The molecule has 2 aromatic carbocycles. The SMILES string of the molecule is COC(=O)c1c(C)n(-c2ccc(Br)cc2)c2ccc(O)cc12. The van der Waals surface area contributed by atoms with Crippen molar-refractivity contribution < 1.29 is 14.6 Å². The number of phenols is 1. The molecule has 22 heavy (non-hydrogen) atoms. The van der Waals surface area contributed by atoms with Gasteiger partial charge >= 0.3 is 5.97 Å².